The number of fused-ring (bicyclic) bond motifs is 4. The maximum atomic E-state index is 14.6. The van der Waals surface area contributed by atoms with Gasteiger partial charge in [-0.25, -0.2) is 9.38 Å². The quantitative estimate of drug-likeness (QED) is 0.666. The zero-order chi connectivity index (χ0) is 20.3. The summed E-state index contributed by atoms with van der Waals surface area (Å²) in [5, 5.41) is 0.0153. The van der Waals surface area contributed by atoms with Crippen LogP contribution in [0.1, 0.15) is 11.1 Å². The highest BCUT2D eigenvalue weighted by Crippen LogP contribution is 2.52. The Morgan fingerprint density at radius 1 is 1.17 bits per heavy atom. The SMILES string of the molecule is CN1C(=O)C2(N=C1N)c1ccncc1Oc1ccc(-c3cccc(Cl)c3F)cc12. The largest absolute Gasteiger partial charge is 0.455 e. The van der Waals surface area contributed by atoms with E-state index in [1.807, 2.05) is 0 Å². The van der Waals surface area contributed by atoms with Crippen LogP contribution in [0.4, 0.5) is 4.39 Å². The van der Waals surface area contributed by atoms with Gasteiger partial charge in [-0.2, -0.15) is 0 Å². The lowest BCUT2D eigenvalue weighted by Crippen LogP contribution is -2.42. The monoisotopic (exact) mass is 408 g/mol. The zero-order valence-electron chi connectivity index (χ0n) is 15.2. The minimum atomic E-state index is -1.42. The van der Waals surface area contributed by atoms with Crippen LogP contribution in [0.15, 0.2) is 59.9 Å². The molecule has 1 amide bonds. The number of benzene rings is 2. The summed E-state index contributed by atoms with van der Waals surface area (Å²) >= 11 is 5.95. The highest BCUT2D eigenvalue weighted by atomic mass is 35.5. The molecular weight excluding hydrogens is 395 g/mol. The van der Waals surface area contributed by atoms with Crippen molar-refractivity contribution in [3.05, 3.63) is 76.8 Å². The fourth-order valence-electron chi connectivity index (χ4n) is 3.81. The van der Waals surface area contributed by atoms with Crippen molar-refractivity contribution in [3.63, 3.8) is 0 Å². The van der Waals surface area contributed by atoms with Crippen molar-refractivity contribution >= 4 is 23.5 Å². The number of amides is 1. The molecule has 2 N–H and O–H groups in total. The van der Waals surface area contributed by atoms with E-state index < -0.39 is 11.4 Å². The number of hydrogen-bond acceptors (Lipinski definition) is 5. The Labute approximate surface area is 170 Å². The molecule has 0 radical (unpaired) electrons. The number of aromatic nitrogens is 1. The molecular formula is C21H14ClFN4O2. The lowest BCUT2D eigenvalue weighted by Gasteiger charge is -2.33. The Kier molecular flexibility index (Phi) is 3.66. The number of nitrogens with two attached hydrogens (primary N) is 1. The summed E-state index contributed by atoms with van der Waals surface area (Å²) in [6, 6.07) is 11.5. The molecule has 2 aliphatic rings. The van der Waals surface area contributed by atoms with Crippen molar-refractivity contribution in [2.45, 2.75) is 5.54 Å². The van der Waals surface area contributed by atoms with E-state index in [1.165, 1.54) is 17.2 Å². The number of pyridine rings is 1. The van der Waals surface area contributed by atoms with Crippen LogP contribution in [-0.2, 0) is 10.3 Å². The number of nitrogens with zero attached hydrogens (tertiary/aromatic N) is 3. The van der Waals surface area contributed by atoms with Gasteiger partial charge in [0.1, 0.15) is 11.6 Å². The van der Waals surface area contributed by atoms with E-state index in [1.54, 1.807) is 49.6 Å². The summed E-state index contributed by atoms with van der Waals surface area (Å²) in [6.07, 6.45) is 3.09. The van der Waals surface area contributed by atoms with Crippen LogP contribution in [0.3, 0.4) is 0 Å². The maximum Gasteiger partial charge on any atom is 0.266 e. The molecule has 0 saturated heterocycles. The van der Waals surface area contributed by atoms with Crippen molar-refractivity contribution in [2.24, 2.45) is 10.7 Å². The molecule has 2 aromatic carbocycles. The van der Waals surface area contributed by atoms with E-state index in [2.05, 4.69) is 9.98 Å². The molecule has 1 unspecified atom stereocenters. The fourth-order valence-corrected chi connectivity index (χ4v) is 3.99. The molecule has 2 aliphatic heterocycles. The van der Waals surface area contributed by atoms with Crippen molar-refractivity contribution in [2.75, 3.05) is 7.05 Å². The van der Waals surface area contributed by atoms with Gasteiger partial charge in [-0.15, -0.1) is 0 Å². The van der Waals surface area contributed by atoms with Gasteiger partial charge in [0.2, 0.25) is 5.54 Å². The van der Waals surface area contributed by atoms with Crippen molar-refractivity contribution in [1.82, 2.24) is 9.88 Å². The number of guanidine groups is 1. The Morgan fingerprint density at radius 2 is 2.00 bits per heavy atom. The first kappa shape index (κ1) is 17.6. The predicted molar refractivity (Wildman–Crippen MR) is 106 cm³/mol. The van der Waals surface area contributed by atoms with Gasteiger partial charge < -0.3 is 10.5 Å². The molecule has 0 bridgehead atoms. The Morgan fingerprint density at radius 3 is 2.76 bits per heavy atom. The molecule has 1 spiro atoms. The third-order valence-electron chi connectivity index (χ3n) is 5.27. The Balaban J connectivity index is 1.80. The second-order valence-electron chi connectivity index (χ2n) is 6.83. The van der Waals surface area contributed by atoms with Gasteiger partial charge in [0.05, 0.1) is 11.2 Å². The third kappa shape index (κ3) is 2.31. The van der Waals surface area contributed by atoms with Crippen LogP contribution in [0, 0.1) is 5.82 Å². The Bertz CT molecular complexity index is 1230. The number of likely N-dealkylation sites (N-methyl/N-ethyl adjacent to an activating group) is 1. The minimum absolute atomic E-state index is 0.0153. The first-order valence-corrected chi connectivity index (χ1v) is 9.16. The molecule has 0 fully saturated rings. The number of halogens is 2. The number of carbonyl (C=O) groups is 1. The Hall–Kier alpha value is -3.45. The minimum Gasteiger partial charge on any atom is -0.455 e. The maximum absolute atomic E-state index is 14.6. The first-order valence-electron chi connectivity index (χ1n) is 8.78. The first-order chi connectivity index (χ1) is 13.9. The molecule has 6 nitrogen and oxygen atoms in total. The lowest BCUT2D eigenvalue weighted by atomic mass is 9.79. The smallest absolute Gasteiger partial charge is 0.266 e. The molecule has 1 aromatic heterocycles. The summed E-state index contributed by atoms with van der Waals surface area (Å²) < 4.78 is 20.6. The summed E-state index contributed by atoms with van der Waals surface area (Å²) in [7, 11) is 1.56. The average molecular weight is 409 g/mol. The van der Waals surface area contributed by atoms with Gasteiger partial charge in [0.15, 0.2) is 11.7 Å². The van der Waals surface area contributed by atoms with Crippen LogP contribution in [0.25, 0.3) is 11.1 Å². The van der Waals surface area contributed by atoms with Gasteiger partial charge in [-0.3, -0.25) is 14.7 Å². The molecule has 1 atom stereocenters. The van der Waals surface area contributed by atoms with Crippen LogP contribution in [-0.4, -0.2) is 28.8 Å². The topological polar surface area (TPSA) is 80.8 Å². The highest BCUT2D eigenvalue weighted by Gasteiger charge is 2.54. The molecule has 3 heterocycles. The molecule has 0 saturated carbocycles. The second kappa shape index (κ2) is 6.02. The number of hydrogen-bond donors (Lipinski definition) is 1. The average Bonchev–Trinajstić information content (AvgIpc) is 2.95. The van der Waals surface area contributed by atoms with Gasteiger partial charge >= 0.3 is 0 Å². The number of rotatable bonds is 1. The number of carbonyl (C=O) groups excluding carboxylic acids is 1. The van der Waals surface area contributed by atoms with E-state index >= 15 is 0 Å². The molecule has 144 valence electrons. The van der Waals surface area contributed by atoms with E-state index in [-0.39, 0.29) is 16.9 Å². The number of ether oxygens (including phenoxy) is 1. The normalized spacial score (nSPS) is 19.6. The summed E-state index contributed by atoms with van der Waals surface area (Å²) in [6.45, 7) is 0. The van der Waals surface area contributed by atoms with E-state index in [4.69, 9.17) is 22.1 Å². The third-order valence-corrected chi connectivity index (χ3v) is 5.56. The summed E-state index contributed by atoms with van der Waals surface area (Å²) in [4.78, 5) is 23.3. The number of aliphatic imine (C=N–C) groups is 1. The van der Waals surface area contributed by atoms with Crippen molar-refractivity contribution in [1.29, 1.82) is 0 Å². The lowest BCUT2D eigenvalue weighted by molar-refractivity contribution is -0.129. The van der Waals surface area contributed by atoms with Gasteiger partial charge in [0.25, 0.3) is 5.91 Å². The van der Waals surface area contributed by atoms with Gasteiger partial charge in [-0.1, -0.05) is 29.8 Å². The zero-order valence-corrected chi connectivity index (χ0v) is 15.9. The highest BCUT2D eigenvalue weighted by molar-refractivity contribution is 6.31. The second-order valence-corrected chi connectivity index (χ2v) is 7.24. The standard InChI is InChI=1S/C21H14ClFN4O2/c1-27-19(28)21(26-20(27)24)13-7-8-25-10-17(13)29-16-6-5-11(9-14(16)21)12-3-2-4-15(22)18(12)23/h2-10H,1H3,(H2,24,26). The van der Waals surface area contributed by atoms with Crippen LogP contribution >= 0.6 is 11.6 Å². The molecule has 0 aliphatic carbocycles. The molecule has 5 rings (SSSR count). The molecule has 8 heteroatoms. The fraction of sp³-hybridized carbons (Fsp3) is 0.0952. The molecule has 3 aromatic rings. The molecule has 29 heavy (non-hydrogen) atoms. The summed E-state index contributed by atoms with van der Waals surface area (Å²) in [5.74, 6) is 0.0711. The van der Waals surface area contributed by atoms with Gasteiger partial charge in [-0.05, 0) is 29.8 Å². The van der Waals surface area contributed by atoms with Gasteiger partial charge in [0, 0.05) is 29.9 Å². The van der Waals surface area contributed by atoms with Crippen LogP contribution < -0.4 is 10.5 Å². The predicted octanol–water partition coefficient (Wildman–Crippen LogP) is 3.68. The van der Waals surface area contributed by atoms with E-state index in [0.717, 1.165) is 0 Å². The van der Waals surface area contributed by atoms with Crippen molar-refractivity contribution < 1.29 is 13.9 Å². The summed E-state index contributed by atoms with van der Waals surface area (Å²) in [5.41, 5.74) is 6.44. The van der Waals surface area contributed by atoms with Crippen molar-refractivity contribution in [3.8, 4) is 22.6 Å². The van der Waals surface area contributed by atoms with E-state index in [9.17, 15) is 9.18 Å². The van der Waals surface area contributed by atoms with Crippen LogP contribution in [0.2, 0.25) is 5.02 Å². The van der Waals surface area contributed by atoms with E-state index in [0.29, 0.717) is 33.8 Å². The van der Waals surface area contributed by atoms with Crippen LogP contribution in [0.5, 0.6) is 11.5 Å².